The van der Waals surface area contributed by atoms with Crippen LogP contribution in [0.15, 0.2) is 47.4 Å². The molecule has 2 aliphatic rings. The first-order chi connectivity index (χ1) is 14.5. The summed E-state index contributed by atoms with van der Waals surface area (Å²) in [4.78, 5) is 4.69. The molecule has 0 aliphatic carbocycles. The van der Waals surface area contributed by atoms with Crippen molar-refractivity contribution in [1.29, 1.82) is 0 Å². The van der Waals surface area contributed by atoms with Crippen LogP contribution in [0.1, 0.15) is 23.6 Å². The molecule has 0 radical (unpaired) electrons. The number of aryl methyl sites for hydroxylation is 1. The molecule has 8 heteroatoms. The van der Waals surface area contributed by atoms with Gasteiger partial charge in [0.05, 0.1) is 18.2 Å². The van der Waals surface area contributed by atoms with Gasteiger partial charge in [-0.1, -0.05) is 35.9 Å². The molecular weight excluding hydrogens is 422 g/mol. The Hall–Kier alpha value is -1.64. The Balaban J connectivity index is 1.60. The van der Waals surface area contributed by atoms with Crippen molar-refractivity contribution in [3.8, 4) is 0 Å². The summed E-state index contributed by atoms with van der Waals surface area (Å²) in [5.41, 5.74) is 3.73. The van der Waals surface area contributed by atoms with Crippen LogP contribution < -0.4 is 9.62 Å². The van der Waals surface area contributed by atoms with E-state index >= 15 is 0 Å². The lowest BCUT2D eigenvalue weighted by molar-refractivity contribution is 0.0172. The molecule has 1 fully saturated rings. The van der Waals surface area contributed by atoms with Gasteiger partial charge in [-0.3, -0.25) is 4.90 Å². The average Bonchev–Trinajstić information content (AvgIpc) is 2.75. The maximum Gasteiger partial charge on any atom is 0.242 e. The van der Waals surface area contributed by atoms with Crippen molar-refractivity contribution >= 4 is 27.3 Å². The number of benzene rings is 2. The van der Waals surface area contributed by atoms with Crippen LogP contribution in [0.3, 0.4) is 0 Å². The molecule has 0 amide bonds. The molecule has 162 valence electrons. The Morgan fingerprint density at radius 1 is 1.13 bits per heavy atom. The van der Waals surface area contributed by atoms with E-state index in [2.05, 4.69) is 39.8 Å². The lowest BCUT2D eigenvalue weighted by atomic mass is 9.96. The largest absolute Gasteiger partial charge is 0.379 e. The minimum Gasteiger partial charge on any atom is -0.379 e. The summed E-state index contributed by atoms with van der Waals surface area (Å²) in [5, 5.41) is 0.227. The summed E-state index contributed by atoms with van der Waals surface area (Å²) in [6, 6.07) is 13.0. The topological polar surface area (TPSA) is 61.9 Å². The third kappa shape index (κ3) is 4.65. The summed E-state index contributed by atoms with van der Waals surface area (Å²) >= 11 is 6.13. The van der Waals surface area contributed by atoms with Gasteiger partial charge in [0.2, 0.25) is 10.0 Å². The fraction of sp³-hybridized carbons (Fsp3) is 0.455. The SMILES string of the molecule is CN1CCCc2cc([C@H](CNS(=O)(=O)c3ccccc3Cl)N3CCOCC3)ccc21. The zero-order chi connectivity index (χ0) is 21.1. The van der Waals surface area contributed by atoms with Gasteiger partial charge >= 0.3 is 0 Å². The van der Waals surface area contributed by atoms with Gasteiger partial charge in [-0.05, 0) is 42.2 Å². The highest BCUT2D eigenvalue weighted by Crippen LogP contribution is 2.31. The van der Waals surface area contributed by atoms with Gasteiger partial charge < -0.3 is 9.64 Å². The van der Waals surface area contributed by atoms with Gasteiger partial charge in [-0.2, -0.15) is 0 Å². The van der Waals surface area contributed by atoms with E-state index in [9.17, 15) is 8.42 Å². The van der Waals surface area contributed by atoms with Gasteiger partial charge in [0.25, 0.3) is 0 Å². The Morgan fingerprint density at radius 3 is 2.67 bits per heavy atom. The summed E-state index contributed by atoms with van der Waals surface area (Å²) in [5.74, 6) is 0. The molecule has 2 heterocycles. The van der Waals surface area contributed by atoms with E-state index in [-0.39, 0.29) is 22.5 Å². The molecule has 0 bridgehead atoms. The standard InChI is InChI=1S/C22H28ClN3O3S/c1-25-10-4-5-17-15-18(8-9-20(17)25)21(26-11-13-29-14-12-26)16-24-30(27,28)22-7-3-2-6-19(22)23/h2-3,6-9,15,21,24H,4-5,10-14,16H2,1H3/t21-/m0/s1. The molecule has 1 N–H and O–H groups in total. The number of sulfonamides is 1. The number of halogens is 1. The number of ether oxygens (including phenoxy) is 1. The molecule has 0 spiro atoms. The number of nitrogens with one attached hydrogen (secondary N) is 1. The summed E-state index contributed by atoms with van der Waals surface area (Å²) in [6.07, 6.45) is 2.18. The maximum absolute atomic E-state index is 12.9. The van der Waals surface area contributed by atoms with Crippen molar-refractivity contribution in [3.63, 3.8) is 0 Å². The summed E-state index contributed by atoms with van der Waals surface area (Å²) < 4.78 is 34.1. The molecular formula is C22H28ClN3O3S. The predicted molar refractivity (Wildman–Crippen MR) is 120 cm³/mol. The Labute approximate surface area is 183 Å². The number of nitrogens with zero attached hydrogens (tertiary/aromatic N) is 2. The zero-order valence-corrected chi connectivity index (χ0v) is 18.8. The second-order valence-electron chi connectivity index (χ2n) is 7.86. The first-order valence-electron chi connectivity index (χ1n) is 10.4. The van der Waals surface area contributed by atoms with Crippen LogP contribution in [0.5, 0.6) is 0 Å². The third-order valence-electron chi connectivity index (χ3n) is 5.92. The molecule has 2 aromatic rings. The van der Waals surface area contributed by atoms with E-state index in [0.29, 0.717) is 13.2 Å². The molecule has 30 heavy (non-hydrogen) atoms. The normalized spacial score (nSPS) is 18.8. The molecule has 4 rings (SSSR count). The highest BCUT2D eigenvalue weighted by atomic mass is 35.5. The van der Waals surface area contributed by atoms with Crippen LogP contribution in [-0.4, -0.2) is 59.8 Å². The van der Waals surface area contributed by atoms with Crippen molar-refractivity contribution in [2.75, 3.05) is 51.3 Å². The predicted octanol–water partition coefficient (Wildman–Crippen LogP) is 3.07. The van der Waals surface area contributed by atoms with E-state index in [1.807, 2.05) is 0 Å². The summed E-state index contributed by atoms with van der Waals surface area (Å²) in [7, 11) is -1.59. The van der Waals surface area contributed by atoms with Gasteiger partial charge in [0.1, 0.15) is 4.90 Å². The number of hydrogen-bond donors (Lipinski definition) is 1. The molecule has 2 aromatic carbocycles. The van der Waals surface area contributed by atoms with E-state index in [4.69, 9.17) is 16.3 Å². The van der Waals surface area contributed by atoms with Gasteiger partial charge in [0, 0.05) is 45.0 Å². The fourth-order valence-corrected chi connectivity index (χ4v) is 5.84. The van der Waals surface area contributed by atoms with Gasteiger partial charge in [0.15, 0.2) is 0 Å². The van der Waals surface area contributed by atoms with Gasteiger partial charge in [-0.15, -0.1) is 0 Å². The number of rotatable bonds is 6. The van der Waals surface area contributed by atoms with Crippen molar-refractivity contribution < 1.29 is 13.2 Å². The monoisotopic (exact) mass is 449 g/mol. The fourth-order valence-electron chi connectivity index (χ4n) is 4.29. The third-order valence-corrected chi connectivity index (χ3v) is 7.84. The van der Waals surface area contributed by atoms with Crippen LogP contribution in [0, 0.1) is 0 Å². The molecule has 0 aromatic heterocycles. The average molecular weight is 450 g/mol. The second kappa shape index (κ2) is 9.24. The quantitative estimate of drug-likeness (QED) is 0.734. The highest BCUT2D eigenvalue weighted by Gasteiger charge is 2.27. The maximum atomic E-state index is 12.9. The lowest BCUT2D eigenvalue weighted by Gasteiger charge is -2.36. The van der Waals surface area contributed by atoms with Crippen LogP contribution in [-0.2, 0) is 21.2 Å². The minimum absolute atomic E-state index is 0.0660. The van der Waals surface area contributed by atoms with E-state index < -0.39 is 10.0 Å². The number of anilines is 1. The zero-order valence-electron chi connectivity index (χ0n) is 17.2. The molecule has 0 saturated carbocycles. The molecule has 6 nitrogen and oxygen atoms in total. The first kappa shape index (κ1) is 21.6. The van der Waals surface area contributed by atoms with Crippen LogP contribution >= 0.6 is 11.6 Å². The number of morpholine rings is 1. The van der Waals surface area contributed by atoms with Crippen LogP contribution in [0.4, 0.5) is 5.69 Å². The second-order valence-corrected chi connectivity index (χ2v) is 10.0. The number of hydrogen-bond acceptors (Lipinski definition) is 5. The van der Waals surface area contributed by atoms with Crippen molar-refractivity contribution in [3.05, 3.63) is 58.6 Å². The smallest absolute Gasteiger partial charge is 0.242 e. The molecule has 1 saturated heterocycles. The number of fused-ring (bicyclic) bond motifs is 1. The minimum atomic E-state index is -3.71. The van der Waals surface area contributed by atoms with E-state index in [1.54, 1.807) is 18.2 Å². The Bertz CT molecular complexity index is 993. The molecule has 0 unspecified atom stereocenters. The first-order valence-corrected chi connectivity index (χ1v) is 12.2. The molecule has 2 aliphatic heterocycles. The van der Waals surface area contributed by atoms with Gasteiger partial charge in [-0.25, -0.2) is 13.1 Å². The summed E-state index contributed by atoms with van der Waals surface area (Å²) in [6.45, 7) is 4.20. The van der Waals surface area contributed by atoms with Crippen molar-refractivity contribution in [1.82, 2.24) is 9.62 Å². The van der Waals surface area contributed by atoms with E-state index in [1.165, 1.54) is 17.3 Å². The highest BCUT2D eigenvalue weighted by molar-refractivity contribution is 7.89. The lowest BCUT2D eigenvalue weighted by Crippen LogP contribution is -2.44. The Kier molecular flexibility index (Phi) is 6.65. The van der Waals surface area contributed by atoms with Crippen LogP contribution in [0.2, 0.25) is 5.02 Å². The van der Waals surface area contributed by atoms with Crippen molar-refractivity contribution in [2.24, 2.45) is 0 Å². The van der Waals surface area contributed by atoms with Crippen molar-refractivity contribution in [2.45, 2.75) is 23.8 Å². The van der Waals surface area contributed by atoms with Crippen LogP contribution in [0.25, 0.3) is 0 Å². The molecule has 1 atom stereocenters. The Morgan fingerprint density at radius 2 is 1.90 bits per heavy atom. The van der Waals surface area contributed by atoms with E-state index in [0.717, 1.165) is 38.0 Å².